The highest BCUT2D eigenvalue weighted by molar-refractivity contribution is 7.09. The molecule has 1 aromatic heterocycles. The second-order valence-corrected chi connectivity index (χ2v) is 7.57. The molecular formula is C20H26N2OS. The van der Waals surface area contributed by atoms with Crippen LogP contribution in [0.15, 0.2) is 47.8 Å². The van der Waals surface area contributed by atoms with E-state index in [0.29, 0.717) is 18.4 Å². The predicted octanol–water partition coefficient (Wildman–Crippen LogP) is 3.98. The molecule has 0 saturated carbocycles. The van der Waals surface area contributed by atoms with Crippen LogP contribution in [0.25, 0.3) is 0 Å². The molecule has 1 atom stereocenters. The molecule has 1 aliphatic rings. The van der Waals surface area contributed by atoms with Crippen molar-refractivity contribution in [2.45, 2.75) is 31.7 Å². The number of rotatable bonds is 6. The molecule has 4 heteroatoms. The average Bonchev–Trinajstić information content (AvgIpc) is 3.13. The summed E-state index contributed by atoms with van der Waals surface area (Å²) in [6.45, 7) is 2.61. The summed E-state index contributed by atoms with van der Waals surface area (Å²) in [6.07, 6.45) is 3.86. The Kier molecular flexibility index (Phi) is 6.05. The van der Waals surface area contributed by atoms with E-state index in [4.69, 9.17) is 0 Å². The van der Waals surface area contributed by atoms with E-state index in [9.17, 15) is 4.79 Å². The monoisotopic (exact) mass is 342 g/mol. The first-order valence-corrected chi connectivity index (χ1v) is 9.67. The van der Waals surface area contributed by atoms with Crippen molar-refractivity contribution >= 4 is 17.2 Å². The third-order valence-corrected chi connectivity index (χ3v) is 5.77. The second-order valence-electron chi connectivity index (χ2n) is 6.53. The van der Waals surface area contributed by atoms with Gasteiger partial charge in [-0.05, 0) is 43.3 Å². The Labute approximate surface area is 148 Å². The summed E-state index contributed by atoms with van der Waals surface area (Å²) in [5, 5.41) is 2.12. The van der Waals surface area contributed by atoms with Crippen molar-refractivity contribution in [3.63, 3.8) is 0 Å². The highest BCUT2D eigenvalue weighted by atomic mass is 32.1. The van der Waals surface area contributed by atoms with Gasteiger partial charge in [0.15, 0.2) is 0 Å². The number of unbranched alkanes of at least 4 members (excludes halogenated alkanes) is 1. The molecule has 128 valence electrons. The van der Waals surface area contributed by atoms with E-state index in [1.807, 2.05) is 17.4 Å². The summed E-state index contributed by atoms with van der Waals surface area (Å²) >= 11 is 1.81. The molecule has 1 amide bonds. The van der Waals surface area contributed by atoms with E-state index >= 15 is 0 Å². The quantitative estimate of drug-likeness (QED) is 0.742. The topological polar surface area (TPSA) is 23.6 Å². The standard InChI is InChI=1S/C20H26N2OS/c1-21-13-14-22(16-19(21)17-8-3-2-4-9-17)20(23)12-6-5-10-18-11-7-15-24-18/h2-4,7-9,11,15,19H,5-6,10,12-14,16H2,1H3. The van der Waals surface area contributed by atoms with Gasteiger partial charge in [0.2, 0.25) is 5.91 Å². The van der Waals surface area contributed by atoms with Crippen molar-refractivity contribution in [2.24, 2.45) is 0 Å². The molecule has 1 saturated heterocycles. The van der Waals surface area contributed by atoms with Crippen molar-refractivity contribution in [3.05, 3.63) is 58.3 Å². The average molecular weight is 343 g/mol. The van der Waals surface area contributed by atoms with Gasteiger partial charge in [-0.25, -0.2) is 0 Å². The van der Waals surface area contributed by atoms with Crippen LogP contribution >= 0.6 is 11.3 Å². The summed E-state index contributed by atoms with van der Waals surface area (Å²) in [4.78, 5) is 18.4. The van der Waals surface area contributed by atoms with Crippen LogP contribution in [0.5, 0.6) is 0 Å². The lowest BCUT2D eigenvalue weighted by Crippen LogP contribution is -2.48. The molecule has 3 rings (SSSR count). The number of hydrogen-bond donors (Lipinski definition) is 0. The Morgan fingerprint density at radius 2 is 1.96 bits per heavy atom. The van der Waals surface area contributed by atoms with Gasteiger partial charge in [0.05, 0.1) is 6.04 Å². The third kappa shape index (κ3) is 4.46. The van der Waals surface area contributed by atoms with E-state index in [0.717, 1.165) is 38.9 Å². The van der Waals surface area contributed by atoms with Gasteiger partial charge in [-0.15, -0.1) is 11.3 Å². The Bertz CT molecular complexity index is 626. The van der Waals surface area contributed by atoms with Crippen molar-refractivity contribution in [1.82, 2.24) is 9.80 Å². The van der Waals surface area contributed by atoms with Gasteiger partial charge in [0.25, 0.3) is 0 Å². The number of carbonyl (C=O) groups excluding carboxylic acids is 1. The number of aryl methyl sites for hydroxylation is 1. The number of benzene rings is 1. The van der Waals surface area contributed by atoms with E-state index in [-0.39, 0.29) is 0 Å². The van der Waals surface area contributed by atoms with Crippen LogP contribution < -0.4 is 0 Å². The summed E-state index contributed by atoms with van der Waals surface area (Å²) in [6, 6.07) is 15.1. The molecular weight excluding hydrogens is 316 g/mol. The SMILES string of the molecule is CN1CCN(C(=O)CCCCc2cccs2)CC1c1ccccc1. The molecule has 2 aromatic rings. The first-order chi connectivity index (χ1) is 11.7. The van der Waals surface area contributed by atoms with Crippen LogP contribution in [0.4, 0.5) is 0 Å². The zero-order chi connectivity index (χ0) is 16.8. The lowest BCUT2D eigenvalue weighted by molar-refractivity contribution is -0.134. The van der Waals surface area contributed by atoms with E-state index in [1.165, 1.54) is 10.4 Å². The number of carbonyl (C=O) groups is 1. The molecule has 1 aliphatic heterocycles. The van der Waals surface area contributed by atoms with E-state index in [2.05, 4.69) is 58.6 Å². The second kappa shape index (κ2) is 8.45. The van der Waals surface area contributed by atoms with Gasteiger partial charge in [-0.1, -0.05) is 36.4 Å². The Morgan fingerprint density at radius 3 is 2.71 bits per heavy atom. The summed E-state index contributed by atoms with van der Waals surface area (Å²) < 4.78 is 0. The minimum absolute atomic E-state index is 0.315. The summed E-state index contributed by atoms with van der Waals surface area (Å²) in [7, 11) is 2.15. The van der Waals surface area contributed by atoms with Gasteiger partial charge < -0.3 is 4.90 Å². The van der Waals surface area contributed by atoms with Crippen molar-refractivity contribution in [1.29, 1.82) is 0 Å². The fourth-order valence-electron chi connectivity index (χ4n) is 3.32. The number of amides is 1. The largest absolute Gasteiger partial charge is 0.339 e. The molecule has 3 nitrogen and oxygen atoms in total. The minimum atomic E-state index is 0.315. The van der Waals surface area contributed by atoms with Crippen LogP contribution in [0.2, 0.25) is 0 Å². The van der Waals surface area contributed by atoms with Crippen molar-refractivity contribution in [2.75, 3.05) is 26.7 Å². The maximum atomic E-state index is 12.6. The number of hydrogen-bond acceptors (Lipinski definition) is 3. The minimum Gasteiger partial charge on any atom is -0.339 e. The van der Waals surface area contributed by atoms with Crippen LogP contribution in [-0.2, 0) is 11.2 Å². The smallest absolute Gasteiger partial charge is 0.222 e. The first-order valence-electron chi connectivity index (χ1n) is 8.79. The van der Waals surface area contributed by atoms with Gasteiger partial charge in [-0.2, -0.15) is 0 Å². The molecule has 0 radical (unpaired) electrons. The lowest BCUT2D eigenvalue weighted by Gasteiger charge is -2.39. The fourth-order valence-corrected chi connectivity index (χ4v) is 4.07. The predicted molar refractivity (Wildman–Crippen MR) is 100 cm³/mol. The molecule has 1 aromatic carbocycles. The van der Waals surface area contributed by atoms with Crippen molar-refractivity contribution in [3.8, 4) is 0 Å². The number of likely N-dealkylation sites (N-methyl/N-ethyl adjacent to an activating group) is 1. The number of thiophene rings is 1. The highest BCUT2D eigenvalue weighted by Crippen LogP contribution is 2.24. The molecule has 2 heterocycles. The molecule has 1 fully saturated rings. The molecule has 0 N–H and O–H groups in total. The molecule has 24 heavy (non-hydrogen) atoms. The summed E-state index contributed by atoms with van der Waals surface area (Å²) in [5.74, 6) is 0.315. The zero-order valence-corrected chi connectivity index (χ0v) is 15.2. The van der Waals surface area contributed by atoms with Crippen LogP contribution in [0, 0.1) is 0 Å². The molecule has 0 bridgehead atoms. The van der Waals surface area contributed by atoms with Crippen LogP contribution in [0.3, 0.4) is 0 Å². The van der Waals surface area contributed by atoms with Gasteiger partial charge in [0, 0.05) is 30.9 Å². The van der Waals surface area contributed by atoms with E-state index in [1.54, 1.807) is 0 Å². The number of piperazine rings is 1. The normalized spacial score (nSPS) is 18.7. The first kappa shape index (κ1) is 17.2. The highest BCUT2D eigenvalue weighted by Gasteiger charge is 2.27. The molecule has 0 spiro atoms. The summed E-state index contributed by atoms with van der Waals surface area (Å²) in [5.41, 5.74) is 1.30. The Morgan fingerprint density at radius 1 is 1.12 bits per heavy atom. The van der Waals surface area contributed by atoms with Crippen LogP contribution in [-0.4, -0.2) is 42.4 Å². The van der Waals surface area contributed by atoms with Gasteiger partial charge >= 0.3 is 0 Å². The maximum Gasteiger partial charge on any atom is 0.222 e. The number of nitrogens with zero attached hydrogens (tertiary/aromatic N) is 2. The molecule has 0 aliphatic carbocycles. The van der Waals surface area contributed by atoms with Crippen molar-refractivity contribution < 1.29 is 4.79 Å². The fraction of sp³-hybridized carbons (Fsp3) is 0.450. The third-order valence-electron chi connectivity index (χ3n) is 4.83. The van der Waals surface area contributed by atoms with Gasteiger partial charge in [0.1, 0.15) is 0 Å². The Balaban J connectivity index is 1.48. The lowest BCUT2D eigenvalue weighted by atomic mass is 10.0. The molecule has 1 unspecified atom stereocenters. The zero-order valence-electron chi connectivity index (χ0n) is 14.4. The van der Waals surface area contributed by atoms with Gasteiger partial charge in [-0.3, -0.25) is 9.69 Å². The van der Waals surface area contributed by atoms with E-state index < -0.39 is 0 Å². The maximum absolute atomic E-state index is 12.6. The Hall–Kier alpha value is -1.65. The van der Waals surface area contributed by atoms with Crippen LogP contribution in [0.1, 0.15) is 35.7 Å².